The van der Waals surface area contributed by atoms with E-state index in [9.17, 15) is 0 Å². The fraction of sp³-hybridized carbons (Fsp3) is 0.733. The Balaban J connectivity index is 2.46. The van der Waals surface area contributed by atoms with Crippen molar-refractivity contribution in [2.75, 3.05) is 0 Å². The predicted molar refractivity (Wildman–Crippen MR) is 80.2 cm³/mol. The minimum absolute atomic E-state index is 0.367. The van der Waals surface area contributed by atoms with E-state index in [1.54, 1.807) is 0 Å². The number of hydrogen-bond acceptors (Lipinski definition) is 3. The molecular weight excluding hydrogens is 242 g/mol. The number of thiophene rings is 1. The van der Waals surface area contributed by atoms with Crippen molar-refractivity contribution in [2.45, 2.75) is 72.8 Å². The van der Waals surface area contributed by atoms with Crippen LogP contribution in [0.2, 0.25) is 0 Å². The summed E-state index contributed by atoms with van der Waals surface area (Å²) < 4.78 is 5.87. The Morgan fingerprint density at radius 3 is 2.67 bits per heavy atom. The molecule has 1 heterocycles. The summed E-state index contributed by atoms with van der Waals surface area (Å²) in [5, 5.41) is 3.46. The largest absolute Gasteiger partial charge is 0.374 e. The second-order valence-corrected chi connectivity index (χ2v) is 6.58. The average Bonchev–Trinajstić information content (AvgIpc) is 2.65. The van der Waals surface area contributed by atoms with Crippen molar-refractivity contribution in [3.05, 3.63) is 21.4 Å². The molecule has 0 aliphatic rings. The maximum Gasteiger partial charge on any atom is 0.0731 e. The second kappa shape index (κ2) is 7.93. The van der Waals surface area contributed by atoms with Gasteiger partial charge >= 0.3 is 0 Å². The van der Waals surface area contributed by atoms with Gasteiger partial charge in [-0.15, -0.1) is 11.3 Å². The maximum atomic E-state index is 5.87. The van der Waals surface area contributed by atoms with Crippen molar-refractivity contribution < 1.29 is 4.74 Å². The Bertz CT molecular complexity index is 346. The van der Waals surface area contributed by atoms with Crippen LogP contribution in [0.3, 0.4) is 0 Å². The molecule has 1 N–H and O–H groups in total. The molecular formula is C15H27NOS. The van der Waals surface area contributed by atoms with E-state index in [0.29, 0.717) is 12.1 Å². The topological polar surface area (TPSA) is 21.3 Å². The van der Waals surface area contributed by atoms with Gasteiger partial charge in [-0.25, -0.2) is 0 Å². The van der Waals surface area contributed by atoms with E-state index < -0.39 is 0 Å². The van der Waals surface area contributed by atoms with Gasteiger partial charge < -0.3 is 10.1 Å². The van der Waals surface area contributed by atoms with Crippen molar-refractivity contribution in [3.8, 4) is 0 Å². The lowest BCUT2D eigenvalue weighted by atomic mass is 10.2. The molecule has 0 aliphatic carbocycles. The summed E-state index contributed by atoms with van der Waals surface area (Å²) in [6.07, 6.45) is 2.70. The van der Waals surface area contributed by atoms with Crippen LogP contribution in [0.5, 0.6) is 0 Å². The van der Waals surface area contributed by atoms with E-state index in [2.05, 4.69) is 46.0 Å². The van der Waals surface area contributed by atoms with Gasteiger partial charge in [-0.2, -0.15) is 0 Å². The van der Waals surface area contributed by atoms with Crippen molar-refractivity contribution >= 4 is 11.3 Å². The molecule has 18 heavy (non-hydrogen) atoms. The van der Waals surface area contributed by atoms with Crippen LogP contribution in [-0.4, -0.2) is 12.1 Å². The smallest absolute Gasteiger partial charge is 0.0731 e. The molecule has 1 aromatic rings. The van der Waals surface area contributed by atoms with E-state index in [1.807, 2.05) is 11.3 Å². The van der Waals surface area contributed by atoms with E-state index >= 15 is 0 Å². The normalized spacial score (nSPS) is 13.2. The second-order valence-electron chi connectivity index (χ2n) is 5.24. The number of rotatable bonds is 8. The molecule has 104 valence electrons. The third kappa shape index (κ3) is 5.51. The summed E-state index contributed by atoms with van der Waals surface area (Å²) in [6.45, 7) is 12.6. The van der Waals surface area contributed by atoms with Crippen molar-refractivity contribution in [1.29, 1.82) is 0 Å². The number of aryl methyl sites for hydroxylation is 1. The van der Waals surface area contributed by atoms with Crippen LogP contribution in [0.15, 0.2) is 6.07 Å². The highest BCUT2D eigenvalue weighted by molar-refractivity contribution is 7.12. The summed E-state index contributed by atoms with van der Waals surface area (Å²) in [4.78, 5) is 2.79. The minimum Gasteiger partial charge on any atom is -0.374 e. The summed E-state index contributed by atoms with van der Waals surface area (Å²) in [5.41, 5.74) is 1.35. The van der Waals surface area contributed by atoms with Crippen LogP contribution in [-0.2, 0) is 17.9 Å². The molecule has 2 nitrogen and oxygen atoms in total. The lowest BCUT2D eigenvalue weighted by molar-refractivity contribution is 0.0471. The maximum absolute atomic E-state index is 5.87. The Morgan fingerprint density at radius 2 is 2.06 bits per heavy atom. The molecule has 0 spiro atoms. The van der Waals surface area contributed by atoms with E-state index in [4.69, 9.17) is 4.74 Å². The van der Waals surface area contributed by atoms with Gasteiger partial charge in [0, 0.05) is 22.3 Å². The molecule has 1 aromatic heterocycles. The fourth-order valence-electron chi connectivity index (χ4n) is 1.84. The zero-order valence-corrected chi connectivity index (χ0v) is 13.2. The van der Waals surface area contributed by atoms with Gasteiger partial charge in [0.1, 0.15) is 0 Å². The quantitative estimate of drug-likeness (QED) is 0.761. The highest BCUT2D eigenvalue weighted by Gasteiger charge is 2.08. The van der Waals surface area contributed by atoms with Gasteiger partial charge in [-0.1, -0.05) is 27.2 Å². The van der Waals surface area contributed by atoms with E-state index in [1.165, 1.54) is 21.7 Å². The average molecular weight is 269 g/mol. The standard InChI is InChI=1S/C15H27NOS/c1-6-7-12(4)17-10-14-8-15(18-13(14)5)9-16-11(2)3/h8,11-12,16H,6-7,9-10H2,1-5H3. The first-order valence-corrected chi connectivity index (χ1v) is 7.77. The van der Waals surface area contributed by atoms with Gasteiger partial charge in [0.25, 0.3) is 0 Å². The van der Waals surface area contributed by atoms with Crippen LogP contribution >= 0.6 is 11.3 Å². The Kier molecular flexibility index (Phi) is 6.90. The molecule has 0 fully saturated rings. The third-order valence-electron chi connectivity index (χ3n) is 2.97. The molecule has 0 aromatic carbocycles. The van der Waals surface area contributed by atoms with Gasteiger partial charge in [0.2, 0.25) is 0 Å². The number of nitrogens with one attached hydrogen (secondary N) is 1. The first-order valence-electron chi connectivity index (χ1n) is 6.96. The Hall–Kier alpha value is -0.380. The van der Waals surface area contributed by atoms with Gasteiger partial charge in [-0.3, -0.25) is 0 Å². The van der Waals surface area contributed by atoms with Crippen molar-refractivity contribution in [2.24, 2.45) is 0 Å². The minimum atomic E-state index is 0.367. The van der Waals surface area contributed by atoms with Crippen molar-refractivity contribution in [1.82, 2.24) is 5.32 Å². The molecule has 3 heteroatoms. The lowest BCUT2D eigenvalue weighted by Gasteiger charge is -2.11. The number of ether oxygens (including phenoxy) is 1. The molecule has 0 aliphatic heterocycles. The first kappa shape index (κ1) is 15.7. The van der Waals surface area contributed by atoms with E-state index in [-0.39, 0.29) is 0 Å². The molecule has 0 amide bonds. The molecule has 1 rings (SSSR count). The van der Waals surface area contributed by atoms with Crippen LogP contribution in [0.25, 0.3) is 0 Å². The first-order chi connectivity index (χ1) is 8.52. The SMILES string of the molecule is CCCC(C)OCc1cc(CNC(C)C)sc1C. The van der Waals surface area contributed by atoms with Crippen molar-refractivity contribution in [3.63, 3.8) is 0 Å². The van der Waals surface area contributed by atoms with Gasteiger partial charge in [0.05, 0.1) is 12.7 Å². The molecule has 1 atom stereocenters. The summed E-state index contributed by atoms with van der Waals surface area (Å²) in [6, 6.07) is 2.82. The molecule has 1 unspecified atom stereocenters. The molecule has 0 bridgehead atoms. The summed E-state index contributed by atoms with van der Waals surface area (Å²) in [7, 11) is 0. The van der Waals surface area contributed by atoms with E-state index in [0.717, 1.165) is 19.6 Å². The summed E-state index contributed by atoms with van der Waals surface area (Å²) >= 11 is 1.88. The lowest BCUT2D eigenvalue weighted by Crippen LogP contribution is -2.21. The summed E-state index contributed by atoms with van der Waals surface area (Å²) in [5.74, 6) is 0. The number of hydrogen-bond donors (Lipinski definition) is 1. The Morgan fingerprint density at radius 1 is 1.33 bits per heavy atom. The van der Waals surface area contributed by atoms with Gasteiger partial charge in [-0.05, 0) is 31.9 Å². The van der Waals surface area contributed by atoms with Gasteiger partial charge in [0.15, 0.2) is 0 Å². The monoisotopic (exact) mass is 269 g/mol. The molecule has 0 saturated carbocycles. The Labute approximate surface area is 116 Å². The van der Waals surface area contributed by atoms with Crippen LogP contribution in [0.4, 0.5) is 0 Å². The zero-order valence-electron chi connectivity index (χ0n) is 12.4. The van der Waals surface area contributed by atoms with Crippen LogP contribution in [0.1, 0.15) is 55.9 Å². The zero-order chi connectivity index (χ0) is 13.5. The highest BCUT2D eigenvalue weighted by atomic mass is 32.1. The molecule has 0 radical (unpaired) electrons. The fourth-order valence-corrected chi connectivity index (χ4v) is 2.84. The third-order valence-corrected chi connectivity index (χ3v) is 4.07. The van der Waals surface area contributed by atoms with Crippen LogP contribution in [0, 0.1) is 6.92 Å². The van der Waals surface area contributed by atoms with Crippen LogP contribution < -0.4 is 5.32 Å². The predicted octanol–water partition coefficient (Wildman–Crippen LogP) is 4.26. The highest BCUT2D eigenvalue weighted by Crippen LogP contribution is 2.23. The molecule has 0 saturated heterocycles.